The summed E-state index contributed by atoms with van der Waals surface area (Å²) >= 11 is 0. The second kappa shape index (κ2) is 8.41. The Morgan fingerprint density at radius 2 is 1.95 bits per heavy atom. The molecule has 0 spiro atoms. The third kappa shape index (κ3) is 4.86. The summed E-state index contributed by atoms with van der Waals surface area (Å²) in [6.07, 6.45) is 0. The van der Waals surface area contributed by atoms with Crippen molar-refractivity contribution in [3.8, 4) is 0 Å². The van der Waals surface area contributed by atoms with Crippen LogP contribution in [0.4, 0.5) is 11.6 Å². The lowest BCUT2D eigenvalue weighted by Crippen LogP contribution is -2.41. The van der Waals surface area contributed by atoms with Crippen molar-refractivity contribution in [2.75, 3.05) is 37.9 Å². The minimum Gasteiger partial charge on any atom is -0.377 e. The summed E-state index contributed by atoms with van der Waals surface area (Å²) in [5.74, 6) is 1.91. The van der Waals surface area contributed by atoms with Crippen LogP contribution in [0.1, 0.15) is 26.6 Å². The van der Waals surface area contributed by atoms with Crippen molar-refractivity contribution in [2.24, 2.45) is 0 Å². The molecule has 7 nitrogen and oxygen atoms in total. The standard InChI is InChI=1S/C14H25N5O2/c1-6-19(7-2)14(20)10(3)16-12-8-11(15-4)17-13(18-12)9-21-5/h8,10H,6-7,9H2,1-5H3,(H2,15,16,17,18). The Bertz CT molecular complexity index is 463. The first-order valence-electron chi connectivity index (χ1n) is 7.15. The van der Waals surface area contributed by atoms with Crippen molar-refractivity contribution in [1.82, 2.24) is 14.9 Å². The van der Waals surface area contributed by atoms with Gasteiger partial charge in [-0.15, -0.1) is 0 Å². The van der Waals surface area contributed by atoms with Crippen LogP contribution in [-0.4, -0.2) is 54.1 Å². The van der Waals surface area contributed by atoms with Crippen LogP contribution in [0.2, 0.25) is 0 Å². The highest BCUT2D eigenvalue weighted by molar-refractivity contribution is 5.84. The summed E-state index contributed by atoms with van der Waals surface area (Å²) in [5, 5.41) is 6.10. The van der Waals surface area contributed by atoms with Gasteiger partial charge in [0.15, 0.2) is 5.82 Å². The molecule has 1 unspecified atom stereocenters. The number of rotatable bonds is 8. The Labute approximate surface area is 126 Å². The number of nitrogens with one attached hydrogen (secondary N) is 2. The maximum atomic E-state index is 12.3. The molecule has 0 fully saturated rings. The second-order valence-corrected chi connectivity index (χ2v) is 4.61. The average Bonchev–Trinajstić information content (AvgIpc) is 2.48. The SMILES string of the molecule is CCN(CC)C(=O)C(C)Nc1cc(NC)nc(COC)n1. The van der Waals surface area contributed by atoms with E-state index in [0.717, 1.165) is 0 Å². The van der Waals surface area contributed by atoms with Gasteiger partial charge in [-0.1, -0.05) is 0 Å². The zero-order chi connectivity index (χ0) is 15.8. The van der Waals surface area contributed by atoms with Gasteiger partial charge in [0.25, 0.3) is 0 Å². The fraction of sp³-hybridized carbons (Fsp3) is 0.643. The molecule has 0 aliphatic carbocycles. The van der Waals surface area contributed by atoms with Crippen LogP contribution >= 0.6 is 0 Å². The fourth-order valence-corrected chi connectivity index (χ4v) is 1.99. The summed E-state index contributed by atoms with van der Waals surface area (Å²) in [4.78, 5) is 22.7. The van der Waals surface area contributed by atoms with Crippen molar-refractivity contribution >= 4 is 17.5 Å². The highest BCUT2D eigenvalue weighted by Gasteiger charge is 2.18. The third-order valence-electron chi connectivity index (χ3n) is 3.11. The molecule has 7 heteroatoms. The van der Waals surface area contributed by atoms with Gasteiger partial charge in [0.05, 0.1) is 0 Å². The van der Waals surface area contributed by atoms with Gasteiger partial charge in [0, 0.05) is 33.3 Å². The van der Waals surface area contributed by atoms with E-state index in [2.05, 4.69) is 20.6 Å². The van der Waals surface area contributed by atoms with Gasteiger partial charge in [-0.25, -0.2) is 9.97 Å². The fourth-order valence-electron chi connectivity index (χ4n) is 1.99. The smallest absolute Gasteiger partial charge is 0.244 e. The largest absolute Gasteiger partial charge is 0.377 e. The lowest BCUT2D eigenvalue weighted by molar-refractivity contribution is -0.131. The topological polar surface area (TPSA) is 79.4 Å². The van der Waals surface area contributed by atoms with Crippen LogP contribution in [-0.2, 0) is 16.1 Å². The predicted octanol–water partition coefficient (Wildman–Crippen LogP) is 1.33. The van der Waals surface area contributed by atoms with Gasteiger partial charge in [-0.05, 0) is 20.8 Å². The van der Waals surface area contributed by atoms with E-state index in [9.17, 15) is 4.79 Å². The molecule has 1 amide bonds. The van der Waals surface area contributed by atoms with E-state index in [1.165, 1.54) is 0 Å². The molecule has 1 aromatic rings. The van der Waals surface area contributed by atoms with Crippen molar-refractivity contribution in [2.45, 2.75) is 33.4 Å². The number of likely N-dealkylation sites (N-methyl/N-ethyl adjacent to an activating group) is 1. The van der Waals surface area contributed by atoms with Crippen molar-refractivity contribution < 1.29 is 9.53 Å². The summed E-state index contributed by atoms with van der Waals surface area (Å²) in [6, 6.07) is 1.42. The first-order valence-corrected chi connectivity index (χ1v) is 7.15. The Hall–Kier alpha value is -1.89. The normalized spacial score (nSPS) is 11.9. The molecular formula is C14H25N5O2. The number of aromatic nitrogens is 2. The number of anilines is 2. The number of ether oxygens (including phenoxy) is 1. The number of carbonyl (C=O) groups excluding carboxylic acids is 1. The van der Waals surface area contributed by atoms with Crippen LogP contribution in [0, 0.1) is 0 Å². The monoisotopic (exact) mass is 295 g/mol. The molecular weight excluding hydrogens is 270 g/mol. The lowest BCUT2D eigenvalue weighted by atomic mass is 10.2. The average molecular weight is 295 g/mol. The molecule has 1 atom stereocenters. The van der Waals surface area contributed by atoms with Gasteiger partial charge in [-0.2, -0.15) is 0 Å². The lowest BCUT2D eigenvalue weighted by Gasteiger charge is -2.24. The van der Waals surface area contributed by atoms with Crippen LogP contribution in [0.3, 0.4) is 0 Å². The molecule has 1 aromatic heterocycles. The molecule has 0 saturated heterocycles. The Morgan fingerprint density at radius 1 is 1.33 bits per heavy atom. The predicted molar refractivity (Wildman–Crippen MR) is 83.3 cm³/mol. The zero-order valence-electron chi connectivity index (χ0n) is 13.4. The van der Waals surface area contributed by atoms with Crippen LogP contribution < -0.4 is 10.6 Å². The molecule has 0 radical (unpaired) electrons. The molecule has 0 aromatic carbocycles. The molecule has 21 heavy (non-hydrogen) atoms. The second-order valence-electron chi connectivity index (χ2n) is 4.61. The number of nitrogens with zero attached hydrogens (tertiary/aromatic N) is 3. The molecule has 0 bridgehead atoms. The highest BCUT2D eigenvalue weighted by atomic mass is 16.5. The third-order valence-corrected chi connectivity index (χ3v) is 3.11. The van der Waals surface area contributed by atoms with E-state index >= 15 is 0 Å². The summed E-state index contributed by atoms with van der Waals surface area (Å²) in [5.41, 5.74) is 0. The van der Waals surface area contributed by atoms with Crippen LogP contribution in [0.25, 0.3) is 0 Å². The number of carbonyl (C=O) groups is 1. The van der Waals surface area contributed by atoms with Crippen molar-refractivity contribution in [1.29, 1.82) is 0 Å². The molecule has 0 aliphatic heterocycles. The quantitative estimate of drug-likeness (QED) is 0.753. The van der Waals surface area contributed by atoms with E-state index < -0.39 is 0 Å². The van der Waals surface area contributed by atoms with Gasteiger partial charge in [0.1, 0.15) is 24.3 Å². The van der Waals surface area contributed by atoms with E-state index in [0.29, 0.717) is 37.2 Å². The summed E-state index contributed by atoms with van der Waals surface area (Å²) in [6.45, 7) is 7.48. The summed E-state index contributed by atoms with van der Waals surface area (Å²) in [7, 11) is 3.38. The van der Waals surface area contributed by atoms with Gasteiger partial charge in [-0.3, -0.25) is 4.79 Å². The van der Waals surface area contributed by atoms with E-state index in [-0.39, 0.29) is 11.9 Å². The van der Waals surface area contributed by atoms with Crippen molar-refractivity contribution in [3.63, 3.8) is 0 Å². The van der Waals surface area contributed by atoms with Gasteiger partial charge >= 0.3 is 0 Å². The number of hydrogen-bond acceptors (Lipinski definition) is 6. The van der Waals surface area contributed by atoms with Gasteiger partial charge < -0.3 is 20.3 Å². The Morgan fingerprint density at radius 3 is 2.48 bits per heavy atom. The number of amides is 1. The zero-order valence-corrected chi connectivity index (χ0v) is 13.4. The first kappa shape index (κ1) is 17.2. The number of hydrogen-bond donors (Lipinski definition) is 2. The Kier molecular flexibility index (Phi) is 6.87. The van der Waals surface area contributed by atoms with Crippen LogP contribution in [0.5, 0.6) is 0 Å². The maximum Gasteiger partial charge on any atom is 0.244 e. The van der Waals surface area contributed by atoms with E-state index in [1.807, 2.05) is 20.8 Å². The summed E-state index contributed by atoms with van der Waals surface area (Å²) < 4.78 is 5.05. The highest BCUT2D eigenvalue weighted by Crippen LogP contribution is 2.13. The van der Waals surface area contributed by atoms with E-state index in [1.54, 1.807) is 25.1 Å². The molecule has 1 rings (SSSR count). The number of methoxy groups -OCH3 is 1. The van der Waals surface area contributed by atoms with Crippen LogP contribution in [0.15, 0.2) is 6.07 Å². The minimum absolute atomic E-state index is 0.0536. The maximum absolute atomic E-state index is 12.3. The molecule has 118 valence electrons. The molecule has 1 heterocycles. The van der Waals surface area contributed by atoms with E-state index in [4.69, 9.17) is 4.74 Å². The minimum atomic E-state index is -0.347. The first-order chi connectivity index (χ1) is 10.0. The van der Waals surface area contributed by atoms with Gasteiger partial charge in [0.2, 0.25) is 5.91 Å². The molecule has 0 aliphatic rings. The van der Waals surface area contributed by atoms with Crippen molar-refractivity contribution in [3.05, 3.63) is 11.9 Å². The molecule has 2 N–H and O–H groups in total. The molecule has 0 saturated carbocycles. The Balaban J connectivity index is 2.85.